The minimum atomic E-state index is -0.989. The first-order chi connectivity index (χ1) is 8.61. The van der Waals surface area contributed by atoms with Gasteiger partial charge in [-0.25, -0.2) is 9.78 Å². The molecule has 1 amide bonds. The number of aromatic nitrogens is 1. The number of piperidine rings is 1. The molecule has 1 aliphatic rings. The van der Waals surface area contributed by atoms with Gasteiger partial charge in [-0.2, -0.15) is 0 Å². The van der Waals surface area contributed by atoms with Crippen LogP contribution in [0.3, 0.4) is 0 Å². The van der Waals surface area contributed by atoms with Gasteiger partial charge >= 0.3 is 5.97 Å². The smallest absolute Gasteiger partial charge is 0.355 e. The number of hydrogen-bond acceptors (Lipinski definition) is 4. The van der Waals surface area contributed by atoms with E-state index in [0.717, 1.165) is 17.8 Å². The molecule has 1 aromatic rings. The van der Waals surface area contributed by atoms with Crippen LogP contribution in [0.1, 0.15) is 34.3 Å². The second kappa shape index (κ2) is 5.30. The molecule has 1 aliphatic heterocycles. The summed E-state index contributed by atoms with van der Waals surface area (Å²) in [6.07, 6.45) is 2.98. The van der Waals surface area contributed by atoms with Gasteiger partial charge in [0.1, 0.15) is 0 Å². The number of rotatable bonds is 3. The molecule has 0 bridgehead atoms. The summed E-state index contributed by atoms with van der Waals surface area (Å²) in [4.78, 5) is 28.1. The van der Waals surface area contributed by atoms with Crippen molar-refractivity contribution in [2.24, 2.45) is 0 Å². The van der Waals surface area contributed by atoms with E-state index in [-0.39, 0.29) is 17.5 Å². The fourth-order valence-electron chi connectivity index (χ4n) is 2.05. The molecule has 96 valence electrons. The highest BCUT2D eigenvalue weighted by Gasteiger charge is 2.25. The normalized spacial score (nSPS) is 16.6. The van der Waals surface area contributed by atoms with Crippen LogP contribution >= 0.6 is 11.3 Å². The molecule has 6 heteroatoms. The van der Waals surface area contributed by atoms with Crippen LogP contribution in [0.15, 0.2) is 18.0 Å². The average molecular weight is 266 g/mol. The Bertz CT molecular complexity index is 475. The molecule has 0 radical (unpaired) electrons. The molecule has 0 unspecified atom stereocenters. The Morgan fingerprint density at radius 3 is 2.67 bits per heavy atom. The van der Waals surface area contributed by atoms with Crippen molar-refractivity contribution in [2.45, 2.75) is 18.8 Å². The quantitative estimate of drug-likeness (QED) is 0.846. The first-order valence-corrected chi connectivity index (χ1v) is 6.60. The summed E-state index contributed by atoms with van der Waals surface area (Å²) < 4.78 is 0. The van der Waals surface area contributed by atoms with Crippen LogP contribution in [0, 0.1) is 0 Å². The third kappa shape index (κ3) is 2.59. The molecule has 2 heterocycles. The molecule has 1 saturated heterocycles. The number of aromatic carboxylic acids is 1. The van der Waals surface area contributed by atoms with E-state index >= 15 is 0 Å². The lowest BCUT2D eigenvalue weighted by atomic mass is 9.97. The number of nitrogens with zero attached hydrogens (tertiary/aromatic N) is 2. The highest BCUT2D eigenvalue weighted by atomic mass is 32.1. The van der Waals surface area contributed by atoms with E-state index in [1.54, 1.807) is 10.3 Å². The summed E-state index contributed by atoms with van der Waals surface area (Å²) >= 11 is 1.38. The predicted octanol–water partition coefficient (Wildman–Crippen LogP) is 1.73. The number of amides is 1. The number of likely N-dealkylation sites (tertiary alicyclic amines) is 1. The van der Waals surface area contributed by atoms with Gasteiger partial charge < -0.3 is 10.0 Å². The van der Waals surface area contributed by atoms with Gasteiger partial charge in [-0.1, -0.05) is 6.58 Å². The lowest BCUT2D eigenvalue weighted by molar-refractivity contribution is -0.127. The van der Waals surface area contributed by atoms with Crippen LogP contribution in [0.2, 0.25) is 0 Å². The van der Waals surface area contributed by atoms with E-state index in [1.807, 2.05) is 0 Å². The van der Waals surface area contributed by atoms with Crippen molar-refractivity contribution >= 4 is 23.2 Å². The van der Waals surface area contributed by atoms with Crippen molar-refractivity contribution in [3.63, 3.8) is 0 Å². The molecular formula is C12H14N2O3S. The minimum absolute atomic E-state index is 0.0428. The number of carbonyl (C=O) groups is 2. The van der Waals surface area contributed by atoms with Crippen molar-refractivity contribution in [1.29, 1.82) is 0 Å². The topological polar surface area (TPSA) is 70.5 Å². The number of carbonyl (C=O) groups excluding carboxylic acids is 1. The number of thiazole rings is 1. The largest absolute Gasteiger partial charge is 0.476 e. The van der Waals surface area contributed by atoms with E-state index in [1.165, 1.54) is 17.4 Å². The molecule has 1 N–H and O–H groups in total. The molecule has 1 aromatic heterocycles. The van der Waals surface area contributed by atoms with E-state index in [0.29, 0.717) is 13.1 Å². The maximum Gasteiger partial charge on any atom is 0.355 e. The molecule has 0 saturated carbocycles. The monoisotopic (exact) mass is 266 g/mol. The Kier molecular flexibility index (Phi) is 3.76. The van der Waals surface area contributed by atoms with E-state index in [4.69, 9.17) is 5.11 Å². The summed E-state index contributed by atoms with van der Waals surface area (Å²) in [6.45, 7) is 4.83. The van der Waals surface area contributed by atoms with Crippen molar-refractivity contribution in [1.82, 2.24) is 9.88 Å². The SMILES string of the molecule is C=CC(=O)N1CCC(c2nc(C(=O)O)cs2)CC1. The number of carboxylic acids is 1. The molecule has 1 fully saturated rings. The number of carboxylic acid groups (broad SMARTS) is 1. The van der Waals surface area contributed by atoms with Gasteiger partial charge in [-0.3, -0.25) is 4.79 Å². The first-order valence-electron chi connectivity index (χ1n) is 5.72. The van der Waals surface area contributed by atoms with Crippen LogP contribution in [-0.2, 0) is 4.79 Å². The van der Waals surface area contributed by atoms with Gasteiger partial charge in [0.25, 0.3) is 0 Å². The molecule has 0 aliphatic carbocycles. The second-order valence-corrected chi connectivity index (χ2v) is 5.07. The molecule has 0 atom stereocenters. The van der Waals surface area contributed by atoms with Crippen LogP contribution in [0.4, 0.5) is 0 Å². The van der Waals surface area contributed by atoms with Crippen LogP contribution in [0.5, 0.6) is 0 Å². The molecule has 2 rings (SSSR count). The van der Waals surface area contributed by atoms with Gasteiger partial charge in [0.2, 0.25) is 5.91 Å². The van der Waals surface area contributed by atoms with E-state index < -0.39 is 5.97 Å². The Labute approximate surface area is 109 Å². The average Bonchev–Trinajstić information content (AvgIpc) is 2.88. The lowest BCUT2D eigenvalue weighted by Crippen LogP contribution is -2.36. The summed E-state index contributed by atoms with van der Waals surface area (Å²) in [5, 5.41) is 11.3. The Morgan fingerprint density at radius 2 is 2.17 bits per heavy atom. The van der Waals surface area contributed by atoms with Gasteiger partial charge in [0, 0.05) is 24.4 Å². The van der Waals surface area contributed by atoms with Crippen molar-refractivity contribution in [3.8, 4) is 0 Å². The zero-order valence-electron chi connectivity index (χ0n) is 9.83. The fourth-order valence-corrected chi connectivity index (χ4v) is 3.01. The molecule has 18 heavy (non-hydrogen) atoms. The first kappa shape index (κ1) is 12.8. The molecular weight excluding hydrogens is 252 g/mol. The highest BCUT2D eigenvalue weighted by molar-refractivity contribution is 7.09. The standard InChI is InChI=1S/C12H14N2O3S/c1-2-10(15)14-5-3-8(4-6-14)11-13-9(7-18-11)12(16)17/h2,7-8H,1,3-6H2,(H,16,17). The van der Waals surface area contributed by atoms with Crippen molar-refractivity contribution in [3.05, 3.63) is 28.7 Å². The summed E-state index contributed by atoms with van der Waals surface area (Å²) in [5.41, 5.74) is 0.111. The highest BCUT2D eigenvalue weighted by Crippen LogP contribution is 2.30. The van der Waals surface area contributed by atoms with Gasteiger partial charge in [0.15, 0.2) is 5.69 Å². The molecule has 0 spiro atoms. The summed E-state index contributed by atoms with van der Waals surface area (Å²) in [5.74, 6) is -0.771. The van der Waals surface area contributed by atoms with Crippen LogP contribution in [0.25, 0.3) is 0 Å². The lowest BCUT2D eigenvalue weighted by Gasteiger charge is -2.30. The third-order valence-electron chi connectivity index (χ3n) is 3.07. The molecule has 0 aromatic carbocycles. The van der Waals surface area contributed by atoms with Crippen molar-refractivity contribution in [2.75, 3.05) is 13.1 Å². The van der Waals surface area contributed by atoms with Gasteiger partial charge in [-0.05, 0) is 18.9 Å². The Hall–Kier alpha value is -1.69. The van der Waals surface area contributed by atoms with Crippen LogP contribution in [-0.4, -0.2) is 40.0 Å². The van der Waals surface area contributed by atoms with Gasteiger partial charge in [0.05, 0.1) is 5.01 Å². The molecule has 5 nitrogen and oxygen atoms in total. The second-order valence-electron chi connectivity index (χ2n) is 4.18. The zero-order chi connectivity index (χ0) is 13.1. The Morgan fingerprint density at radius 1 is 1.50 bits per heavy atom. The third-order valence-corrected chi connectivity index (χ3v) is 4.08. The summed E-state index contributed by atoms with van der Waals surface area (Å²) in [7, 11) is 0. The van der Waals surface area contributed by atoms with E-state index in [9.17, 15) is 9.59 Å². The van der Waals surface area contributed by atoms with Crippen LogP contribution < -0.4 is 0 Å². The minimum Gasteiger partial charge on any atom is -0.476 e. The maximum absolute atomic E-state index is 11.4. The zero-order valence-corrected chi connectivity index (χ0v) is 10.7. The predicted molar refractivity (Wildman–Crippen MR) is 67.8 cm³/mol. The van der Waals surface area contributed by atoms with Gasteiger partial charge in [-0.15, -0.1) is 11.3 Å². The summed E-state index contributed by atoms with van der Waals surface area (Å²) in [6, 6.07) is 0. The fraction of sp³-hybridized carbons (Fsp3) is 0.417. The Balaban J connectivity index is 1.98. The number of hydrogen-bond donors (Lipinski definition) is 1. The maximum atomic E-state index is 11.4. The van der Waals surface area contributed by atoms with E-state index in [2.05, 4.69) is 11.6 Å². The van der Waals surface area contributed by atoms with Crippen molar-refractivity contribution < 1.29 is 14.7 Å².